The van der Waals surface area contributed by atoms with E-state index in [9.17, 15) is 14.4 Å². The molecule has 2 aromatic carbocycles. The van der Waals surface area contributed by atoms with Gasteiger partial charge in [0.05, 0.1) is 11.4 Å². The summed E-state index contributed by atoms with van der Waals surface area (Å²) in [6.45, 7) is -0.237. The standard InChI is InChI=1S/C21H16BrN3O4/c1-24-17-10-14(4-8-19(17)29-12-21(24)28)18(26)11-25-20(27)9-7-16(23-25)13-2-5-15(22)6-3-13/h2-10H,11-12H2,1H3. The highest BCUT2D eigenvalue weighted by atomic mass is 79.9. The van der Waals surface area contributed by atoms with E-state index in [0.717, 1.165) is 14.7 Å². The molecular weight excluding hydrogens is 438 g/mol. The number of hydrogen-bond acceptors (Lipinski definition) is 5. The second-order valence-electron chi connectivity index (χ2n) is 6.57. The highest BCUT2D eigenvalue weighted by molar-refractivity contribution is 9.10. The zero-order valence-electron chi connectivity index (χ0n) is 15.5. The van der Waals surface area contributed by atoms with Crippen molar-refractivity contribution in [2.24, 2.45) is 0 Å². The number of likely N-dealkylation sites (N-methyl/N-ethyl adjacent to an activating group) is 1. The van der Waals surface area contributed by atoms with Crippen LogP contribution in [0.3, 0.4) is 0 Å². The van der Waals surface area contributed by atoms with Crippen molar-refractivity contribution in [1.29, 1.82) is 0 Å². The van der Waals surface area contributed by atoms with E-state index in [1.807, 2.05) is 24.3 Å². The van der Waals surface area contributed by atoms with Gasteiger partial charge in [0.2, 0.25) is 0 Å². The summed E-state index contributed by atoms with van der Waals surface area (Å²) in [6, 6.07) is 15.4. The molecule has 1 aliphatic rings. The third kappa shape index (κ3) is 3.84. The normalized spacial score (nSPS) is 13.0. The minimum atomic E-state index is -0.368. The lowest BCUT2D eigenvalue weighted by molar-refractivity contribution is -0.120. The molecule has 0 saturated carbocycles. The van der Waals surface area contributed by atoms with Gasteiger partial charge in [0.1, 0.15) is 12.3 Å². The quantitative estimate of drug-likeness (QED) is 0.567. The van der Waals surface area contributed by atoms with Crippen LogP contribution in [0.4, 0.5) is 5.69 Å². The monoisotopic (exact) mass is 453 g/mol. The fraction of sp³-hybridized carbons (Fsp3) is 0.143. The first-order valence-electron chi connectivity index (χ1n) is 8.83. The van der Waals surface area contributed by atoms with E-state index in [1.165, 1.54) is 11.0 Å². The zero-order valence-corrected chi connectivity index (χ0v) is 17.0. The van der Waals surface area contributed by atoms with Crippen molar-refractivity contribution in [3.8, 4) is 17.0 Å². The van der Waals surface area contributed by atoms with Crippen LogP contribution in [0.5, 0.6) is 5.75 Å². The summed E-state index contributed by atoms with van der Waals surface area (Å²) in [4.78, 5) is 38.3. The predicted molar refractivity (Wildman–Crippen MR) is 111 cm³/mol. The maximum absolute atomic E-state index is 12.8. The molecule has 1 amide bonds. The van der Waals surface area contributed by atoms with Gasteiger partial charge in [0.25, 0.3) is 11.5 Å². The van der Waals surface area contributed by atoms with Crippen LogP contribution < -0.4 is 15.2 Å². The Kier molecular flexibility index (Phi) is 5.02. The molecule has 0 bridgehead atoms. The number of hydrogen-bond donors (Lipinski definition) is 0. The summed E-state index contributed by atoms with van der Waals surface area (Å²) >= 11 is 3.38. The molecule has 146 valence electrons. The first kappa shape index (κ1) is 19.1. The van der Waals surface area contributed by atoms with Gasteiger partial charge < -0.3 is 9.64 Å². The lowest BCUT2D eigenvalue weighted by atomic mass is 10.1. The Bertz CT molecular complexity index is 1170. The first-order chi connectivity index (χ1) is 13.9. The topological polar surface area (TPSA) is 81.5 Å². The number of amides is 1. The molecule has 0 aliphatic carbocycles. The van der Waals surface area contributed by atoms with Crippen molar-refractivity contribution < 1.29 is 14.3 Å². The third-order valence-corrected chi connectivity index (χ3v) is 5.20. The Morgan fingerprint density at radius 2 is 1.86 bits per heavy atom. The first-order valence-corrected chi connectivity index (χ1v) is 9.62. The number of ether oxygens (including phenoxy) is 1. The maximum Gasteiger partial charge on any atom is 0.267 e. The second kappa shape index (κ2) is 7.63. The molecule has 0 N–H and O–H groups in total. The number of ketones is 1. The van der Waals surface area contributed by atoms with Gasteiger partial charge in [-0.3, -0.25) is 14.4 Å². The van der Waals surface area contributed by atoms with Gasteiger partial charge in [-0.15, -0.1) is 0 Å². The van der Waals surface area contributed by atoms with Crippen LogP contribution >= 0.6 is 15.9 Å². The molecule has 0 atom stereocenters. The van der Waals surface area contributed by atoms with Gasteiger partial charge in [-0.2, -0.15) is 5.10 Å². The molecule has 0 saturated heterocycles. The van der Waals surface area contributed by atoms with Crippen LogP contribution in [0.15, 0.2) is 63.9 Å². The molecule has 7 nitrogen and oxygen atoms in total. The Morgan fingerprint density at radius 3 is 2.62 bits per heavy atom. The van der Waals surface area contributed by atoms with Crippen molar-refractivity contribution in [3.63, 3.8) is 0 Å². The number of aromatic nitrogens is 2. The lowest BCUT2D eigenvalue weighted by Gasteiger charge is -2.26. The number of halogens is 1. The maximum atomic E-state index is 12.8. The number of rotatable bonds is 4. The molecule has 4 rings (SSSR count). The van der Waals surface area contributed by atoms with Gasteiger partial charge >= 0.3 is 0 Å². The van der Waals surface area contributed by atoms with Gasteiger partial charge in [-0.05, 0) is 36.4 Å². The molecular formula is C21H16BrN3O4. The molecule has 0 fully saturated rings. The molecule has 0 radical (unpaired) electrons. The number of carbonyl (C=O) groups excluding carboxylic acids is 2. The molecule has 8 heteroatoms. The summed E-state index contributed by atoms with van der Waals surface area (Å²) < 4.78 is 7.46. The van der Waals surface area contributed by atoms with Crippen molar-refractivity contribution in [2.45, 2.75) is 6.54 Å². The Morgan fingerprint density at radius 1 is 1.10 bits per heavy atom. The smallest absolute Gasteiger partial charge is 0.267 e. The van der Waals surface area contributed by atoms with Gasteiger partial charge in [0, 0.05) is 28.7 Å². The largest absolute Gasteiger partial charge is 0.482 e. The summed E-state index contributed by atoms with van der Waals surface area (Å²) in [5, 5.41) is 4.33. The number of benzene rings is 2. The van der Waals surface area contributed by atoms with E-state index in [1.54, 1.807) is 31.3 Å². The fourth-order valence-corrected chi connectivity index (χ4v) is 3.27. The molecule has 0 spiro atoms. The Hall–Kier alpha value is -3.26. The SMILES string of the molecule is CN1C(=O)COc2ccc(C(=O)Cn3nc(-c4ccc(Br)cc4)ccc3=O)cc21. The Balaban J connectivity index is 1.62. The second-order valence-corrected chi connectivity index (χ2v) is 7.48. The molecule has 0 unspecified atom stereocenters. The number of Topliss-reactive ketones (excluding diaryl/α,β-unsaturated/α-hetero) is 1. The van der Waals surface area contributed by atoms with Crippen LogP contribution in [0.25, 0.3) is 11.3 Å². The highest BCUT2D eigenvalue weighted by Crippen LogP contribution is 2.32. The zero-order chi connectivity index (χ0) is 20.5. The van der Waals surface area contributed by atoms with Crippen LogP contribution in [-0.4, -0.2) is 35.1 Å². The molecule has 1 aromatic heterocycles. The van der Waals surface area contributed by atoms with E-state index in [4.69, 9.17) is 4.74 Å². The number of carbonyl (C=O) groups is 2. The average molecular weight is 454 g/mol. The molecule has 3 aromatic rings. The minimum Gasteiger partial charge on any atom is -0.482 e. The third-order valence-electron chi connectivity index (χ3n) is 4.67. The lowest BCUT2D eigenvalue weighted by Crippen LogP contribution is -2.35. The van der Waals surface area contributed by atoms with Crippen molar-refractivity contribution in [3.05, 3.63) is 75.0 Å². The van der Waals surface area contributed by atoms with Gasteiger partial charge in [0.15, 0.2) is 12.4 Å². The van der Waals surface area contributed by atoms with Crippen LogP contribution in [0, 0.1) is 0 Å². The van der Waals surface area contributed by atoms with Gasteiger partial charge in [-0.25, -0.2) is 4.68 Å². The van der Waals surface area contributed by atoms with E-state index in [2.05, 4.69) is 21.0 Å². The van der Waals surface area contributed by atoms with Crippen LogP contribution in [0.1, 0.15) is 10.4 Å². The summed E-state index contributed by atoms with van der Waals surface area (Å²) in [6.07, 6.45) is 0. The summed E-state index contributed by atoms with van der Waals surface area (Å²) in [7, 11) is 1.63. The van der Waals surface area contributed by atoms with Crippen LogP contribution in [-0.2, 0) is 11.3 Å². The molecule has 29 heavy (non-hydrogen) atoms. The molecule has 2 heterocycles. The number of fused-ring (bicyclic) bond motifs is 1. The van der Waals surface area contributed by atoms with Crippen molar-refractivity contribution >= 4 is 33.3 Å². The van der Waals surface area contributed by atoms with Crippen LogP contribution in [0.2, 0.25) is 0 Å². The van der Waals surface area contributed by atoms with Crippen molar-refractivity contribution in [1.82, 2.24) is 9.78 Å². The van der Waals surface area contributed by atoms with Gasteiger partial charge in [-0.1, -0.05) is 28.1 Å². The number of nitrogens with zero attached hydrogens (tertiary/aromatic N) is 3. The van der Waals surface area contributed by atoms with Crippen molar-refractivity contribution in [2.75, 3.05) is 18.6 Å². The van der Waals surface area contributed by atoms with E-state index in [0.29, 0.717) is 22.7 Å². The summed E-state index contributed by atoms with van der Waals surface area (Å²) in [5.74, 6) is 0.0557. The molecule has 1 aliphatic heterocycles. The number of anilines is 1. The average Bonchev–Trinajstić information content (AvgIpc) is 2.73. The summed E-state index contributed by atoms with van der Waals surface area (Å²) in [5.41, 5.74) is 1.95. The van der Waals surface area contributed by atoms with E-state index in [-0.39, 0.29) is 30.4 Å². The fourth-order valence-electron chi connectivity index (χ4n) is 3.01. The minimum absolute atomic E-state index is 0.0288. The van der Waals surface area contributed by atoms with E-state index < -0.39 is 0 Å². The predicted octanol–water partition coefficient (Wildman–Crippen LogP) is 2.91. The Labute approximate surface area is 174 Å². The van der Waals surface area contributed by atoms with E-state index >= 15 is 0 Å². The highest BCUT2D eigenvalue weighted by Gasteiger charge is 2.23.